The van der Waals surface area contributed by atoms with Crippen molar-refractivity contribution in [2.24, 2.45) is 5.92 Å². The van der Waals surface area contributed by atoms with Gasteiger partial charge in [0.1, 0.15) is 0 Å². The summed E-state index contributed by atoms with van der Waals surface area (Å²) in [5.41, 5.74) is 0. The van der Waals surface area contributed by atoms with Crippen molar-refractivity contribution < 1.29 is 12.8 Å². The van der Waals surface area contributed by atoms with Crippen LogP contribution in [0.15, 0.2) is 9.64 Å². The second kappa shape index (κ2) is 5.28. The zero-order chi connectivity index (χ0) is 13.2. The first kappa shape index (κ1) is 13.4. The van der Waals surface area contributed by atoms with Gasteiger partial charge in [0.25, 0.3) is 5.22 Å². The Kier molecular flexibility index (Phi) is 3.92. The minimum absolute atomic E-state index is 0.0859. The Hall–Kier alpha value is -1.07. The summed E-state index contributed by atoms with van der Waals surface area (Å²) in [5, 5.41) is 16.8. The van der Waals surface area contributed by atoms with E-state index in [2.05, 4.69) is 16.3 Å². The van der Waals surface area contributed by atoms with Gasteiger partial charge in [-0.15, -0.1) is 10.2 Å². The van der Waals surface area contributed by atoms with Crippen molar-refractivity contribution in [3.8, 4) is 6.07 Å². The van der Waals surface area contributed by atoms with Crippen molar-refractivity contribution >= 4 is 21.6 Å². The second-order valence-electron chi connectivity index (χ2n) is 4.35. The molecule has 1 aromatic heterocycles. The number of aromatic nitrogens is 2. The summed E-state index contributed by atoms with van der Waals surface area (Å²) in [6.45, 7) is 1.81. The summed E-state index contributed by atoms with van der Waals surface area (Å²) in [4.78, 5) is 0. The summed E-state index contributed by atoms with van der Waals surface area (Å²) >= 11 is 1.32. The van der Waals surface area contributed by atoms with Gasteiger partial charge in [-0.3, -0.25) is 0 Å². The first-order chi connectivity index (χ1) is 8.50. The van der Waals surface area contributed by atoms with Gasteiger partial charge in [-0.2, -0.15) is 5.26 Å². The van der Waals surface area contributed by atoms with E-state index in [-0.39, 0.29) is 23.3 Å². The summed E-state index contributed by atoms with van der Waals surface area (Å²) < 4.78 is 28.1. The average Bonchev–Trinajstić information content (AvgIpc) is 2.92. The highest BCUT2D eigenvalue weighted by molar-refractivity contribution is 7.99. The molecule has 0 aromatic carbocycles. The lowest BCUT2D eigenvalue weighted by Gasteiger charge is -1.99. The minimum Gasteiger partial charge on any atom is -0.416 e. The van der Waals surface area contributed by atoms with Crippen molar-refractivity contribution in [1.29, 1.82) is 5.26 Å². The maximum atomic E-state index is 11.3. The molecule has 0 N–H and O–H groups in total. The Morgan fingerprint density at radius 3 is 3.00 bits per heavy atom. The molecule has 1 aliphatic rings. The van der Waals surface area contributed by atoms with Gasteiger partial charge < -0.3 is 4.42 Å². The Morgan fingerprint density at radius 2 is 2.39 bits per heavy atom. The molecule has 0 amide bonds. The third kappa shape index (κ3) is 3.23. The number of nitriles is 1. The van der Waals surface area contributed by atoms with Crippen LogP contribution in [0.4, 0.5) is 0 Å². The fourth-order valence-electron chi connectivity index (χ4n) is 1.67. The van der Waals surface area contributed by atoms with E-state index in [0.29, 0.717) is 23.3 Å². The van der Waals surface area contributed by atoms with Crippen LogP contribution in [-0.4, -0.2) is 35.9 Å². The SMILES string of the molecule is C[C@@H](C#N)CSc1nnc([C@H]2CCS(=O)(=O)C2)o1. The quantitative estimate of drug-likeness (QED) is 0.768. The van der Waals surface area contributed by atoms with Gasteiger partial charge in [-0.25, -0.2) is 8.42 Å². The molecular formula is C10H13N3O3S2. The van der Waals surface area contributed by atoms with Gasteiger partial charge in [0.15, 0.2) is 9.84 Å². The van der Waals surface area contributed by atoms with Crippen LogP contribution in [0, 0.1) is 17.2 Å². The van der Waals surface area contributed by atoms with Gasteiger partial charge in [0.2, 0.25) is 5.89 Å². The number of nitrogens with zero attached hydrogens (tertiary/aromatic N) is 3. The molecule has 1 fully saturated rings. The first-order valence-corrected chi connectivity index (χ1v) is 8.37. The van der Waals surface area contributed by atoms with Crippen molar-refractivity contribution in [3.63, 3.8) is 0 Å². The maximum Gasteiger partial charge on any atom is 0.276 e. The highest BCUT2D eigenvalue weighted by Crippen LogP contribution is 2.29. The number of sulfone groups is 1. The van der Waals surface area contributed by atoms with E-state index >= 15 is 0 Å². The summed E-state index contributed by atoms with van der Waals surface area (Å²) in [7, 11) is -2.94. The molecule has 0 bridgehead atoms. The molecule has 1 aromatic rings. The van der Waals surface area contributed by atoms with Crippen LogP contribution in [-0.2, 0) is 9.84 Å². The van der Waals surface area contributed by atoms with Gasteiger partial charge in [-0.05, 0) is 13.3 Å². The van der Waals surface area contributed by atoms with Crippen molar-refractivity contribution in [2.75, 3.05) is 17.3 Å². The van der Waals surface area contributed by atoms with Crippen LogP contribution in [0.25, 0.3) is 0 Å². The Bertz CT molecular complexity index is 561. The molecule has 2 rings (SSSR count). The molecule has 1 saturated heterocycles. The van der Waals surface area contributed by atoms with Crippen LogP contribution in [0.2, 0.25) is 0 Å². The molecule has 0 saturated carbocycles. The molecule has 18 heavy (non-hydrogen) atoms. The molecule has 98 valence electrons. The van der Waals surface area contributed by atoms with E-state index in [1.807, 2.05) is 6.92 Å². The predicted octanol–water partition coefficient (Wildman–Crippen LogP) is 1.22. The van der Waals surface area contributed by atoms with Crippen LogP contribution in [0.1, 0.15) is 25.2 Å². The van der Waals surface area contributed by atoms with Crippen LogP contribution < -0.4 is 0 Å². The highest BCUT2D eigenvalue weighted by Gasteiger charge is 2.32. The van der Waals surface area contributed by atoms with Crippen molar-refractivity contribution in [1.82, 2.24) is 10.2 Å². The summed E-state index contributed by atoms with van der Waals surface area (Å²) in [6, 6.07) is 2.12. The molecule has 8 heteroatoms. The number of hydrogen-bond acceptors (Lipinski definition) is 7. The molecule has 2 heterocycles. The largest absolute Gasteiger partial charge is 0.416 e. The zero-order valence-corrected chi connectivity index (χ0v) is 11.5. The standard InChI is InChI=1S/C10H13N3O3S2/c1-7(4-11)5-17-10-13-12-9(16-10)8-2-3-18(14,15)6-8/h7-8H,2-3,5-6H2,1H3/t7-,8-/m0/s1. The third-order valence-corrected chi connectivity index (χ3v) is 5.53. The number of rotatable bonds is 4. The first-order valence-electron chi connectivity index (χ1n) is 5.56. The minimum atomic E-state index is -2.94. The average molecular weight is 287 g/mol. The normalized spacial score (nSPS) is 23.7. The lowest BCUT2D eigenvalue weighted by molar-refractivity contribution is 0.393. The lowest BCUT2D eigenvalue weighted by atomic mass is 10.1. The van der Waals surface area contributed by atoms with E-state index in [4.69, 9.17) is 9.68 Å². The lowest BCUT2D eigenvalue weighted by Crippen LogP contribution is -2.03. The second-order valence-corrected chi connectivity index (χ2v) is 7.55. The molecule has 0 unspecified atom stereocenters. The molecule has 0 spiro atoms. The van der Waals surface area contributed by atoms with Crippen molar-refractivity contribution in [3.05, 3.63) is 5.89 Å². The van der Waals surface area contributed by atoms with E-state index in [0.717, 1.165) is 0 Å². The molecule has 6 nitrogen and oxygen atoms in total. The topological polar surface area (TPSA) is 96.9 Å². The van der Waals surface area contributed by atoms with Crippen molar-refractivity contribution in [2.45, 2.75) is 24.5 Å². The summed E-state index contributed by atoms with van der Waals surface area (Å²) in [5.74, 6) is 0.994. The van der Waals surface area contributed by atoms with Gasteiger partial charge in [-0.1, -0.05) is 11.8 Å². The summed E-state index contributed by atoms with van der Waals surface area (Å²) in [6.07, 6.45) is 0.545. The Balaban J connectivity index is 1.97. The highest BCUT2D eigenvalue weighted by atomic mass is 32.2. The number of thioether (sulfide) groups is 1. The molecule has 1 aliphatic heterocycles. The van der Waals surface area contributed by atoms with Gasteiger partial charge in [0.05, 0.1) is 29.4 Å². The molecule has 0 radical (unpaired) electrons. The Labute approximate surface area is 110 Å². The molecule has 2 atom stereocenters. The van der Waals surface area contributed by atoms with E-state index in [9.17, 15) is 8.42 Å². The maximum absolute atomic E-state index is 11.3. The van der Waals surface area contributed by atoms with E-state index in [1.54, 1.807) is 0 Å². The third-order valence-electron chi connectivity index (χ3n) is 2.68. The fourth-order valence-corrected chi connectivity index (χ4v) is 4.11. The molecular weight excluding hydrogens is 274 g/mol. The van der Waals surface area contributed by atoms with E-state index in [1.165, 1.54) is 11.8 Å². The van der Waals surface area contributed by atoms with Gasteiger partial charge in [0, 0.05) is 5.75 Å². The number of hydrogen-bond donors (Lipinski definition) is 0. The molecule has 0 aliphatic carbocycles. The Morgan fingerprint density at radius 1 is 1.61 bits per heavy atom. The van der Waals surface area contributed by atoms with Crippen LogP contribution >= 0.6 is 11.8 Å². The predicted molar refractivity (Wildman–Crippen MR) is 65.8 cm³/mol. The fraction of sp³-hybridized carbons (Fsp3) is 0.700. The van der Waals surface area contributed by atoms with Crippen LogP contribution in [0.5, 0.6) is 0 Å². The monoisotopic (exact) mass is 287 g/mol. The smallest absolute Gasteiger partial charge is 0.276 e. The van der Waals surface area contributed by atoms with Crippen LogP contribution in [0.3, 0.4) is 0 Å². The van der Waals surface area contributed by atoms with E-state index < -0.39 is 9.84 Å². The zero-order valence-electron chi connectivity index (χ0n) is 9.87. The van der Waals surface area contributed by atoms with Gasteiger partial charge >= 0.3 is 0 Å².